The second-order valence-corrected chi connectivity index (χ2v) is 7.41. The van der Waals surface area contributed by atoms with Crippen molar-refractivity contribution in [3.05, 3.63) is 64.9 Å². The molecule has 1 amide bonds. The molecule has 1 aliphatic rings. The maximum atomic E-state index is 12.8. The van der Waals surface area contributed by atoms with Crippen molar-refractivity contribution in [1.29, 1.82) is 0 Å². The standard InChI is InChI=1S/C22H23ClN2O2/c1-2-16-6-7-21-20(12-16)17(15-27-21)13-22(26)25-10-8-24(9-11-25)19-5-3-4-18(23)14-19/h3-7,12,14-15H,2,8-11,13H2,1H3. The summed E-state index contributed by atoms with van der Waals surface area (Å²) in [5.41, 5.74) is 4.19. The Kier molecular flexibility index (Phi) is 5.08. The van der Waals surface area contributed by atoms with Crippen LogP contribution in [0.15, 0.2) is 53.1 Å². The van der Waals surface area contributed by atoms with Gasteiger partial charge in [0.1, 0.15) is 5.58 Å². The zero-order chi connectivity index (χ0) is 18.8. The third-order valence-electron chi connectivity index (χ3n) is 5.27. The fourth-order valence-corrected chi connectivity index (χ4v) is 3.83. The Hall–Kier alpha value is -2.46. The molecule has 0 unspecified atom stereocenters. The van der Waals surface area contributed by atoms with E-state index in [1.54, 1.807) is 6.26 Å². The zero-order valence-electron chi connectivity index (χ0n) is 15.5. The minimum Gasteiger partial charge on any atom is -0.464 e. The van der Waals surface area contributed by atoms with Gasteiger partial charge in [0.2, 0.25) is 5.91 Å². The number of benzene rings is 2. The Balaban J connectivity index is 1.41. The summed E-state index contributed by atoms with van der Waals surface area (Å²) >= 11 is 6.09. The van der Waals surface area contributed by atoms with Gasteiger partial charge in [-0.25, -0.2) is 0 Å². The van der Waals surface area contributed by atoms with Crippen LogP contribution in [0.4, 0.5) is 5.69 Å². The number of hydrogen-bond donors (Lipinski definition) is 0. The van der Waals surface area contributed by atoms with Crippen molar-refractivity contribution in [3.63, 3.8) is 0 Å². The number of nitrogens with zero attached hydrogens (tertiary/aromatic N) is 2. The van der Waals surface area contributed by atoms with E-state index in [9.17, 15) is 4.79 Å². The number of furan rings is 1. The number of rotatable bonds is 4. The van der Waals surface area contributed by atoms with Gasteiger partial charge >= 0.3 is 0 Å². The summed E-state index contributed by atoms with van der Waals surface area (Å²) in [6.45, 7) is 5.21. The van der Waals surface area contributed by atoms with Gasteiger partial charge in [0.05, 0.1) is 12.7 Å². The molecule has 2 aromatic carbocycles. The van der Waals surface area contributed by atoms with Crippen molar-refractivity contribution >= 4 is 34.2 Å². The van der Waals surface area contributed by atoms with Gasteiger partial charge in [-0.15, -0.1) is 0 Å². The van der Waals surface area contributed by atoms with Crippen molar-refractivity contribution in [1.82, 2.24) is 4.90 Å². The Morgan fingerprint density at radius 2 is 1.93 bits per heavy atom. The van der Waals surface area contributed by atoms with E-state index in [1.807, 2.05) is 29.2 Å². The van der Waals surface area contributed by atoms with Crippen LogP contribution in [0.1, 0.15) is 18.1 Å². The van der Waals surface area contributed by atoms with E-state index in [1.165, 1.54) is 5.56 Å². The van der Waals surface area contributed by atoms with Gasteiger partial charge in [-0.05, 0) is 42.3 Å². The Bertz CT molecular complexity index is 958. The van der Waals surface area contributed by atoms with Crippen LogP contribution < -0.4 is 4.90 Å². The van der Waals surface area contributed by atoms with Crippen LogP contribution >= 0.6 is 11.6 Å². The highest BCUT2D eigenvalue weighted by molar-refractivity contribution is 6.30. The minimum atomic E-state index is 0.158. The minimum absolute atomic E-state index is 0.158. The monoisotopic (exact) mass is 382 g/mol. The molecule has 1 saturated heterocycles. The summed E-state index contributed by atoms with van der Waals surface area (Å²) in [6, 6.07) is 14.1. The molecule has 0 aliphatic carbocycles. The molecule has 5 heteroatoms. The molecule has 1 fully saturated rings. The predicted octanol–water partition coefficient (Wildman–Crippen LogP) is 4.54. The quantitative estimate of drug-likeness (QED) is 0.664. The number of carbonyl (C=O) groups excluding carboxylic acids is 1. The first-order chi connectivity index (χ1) is 13.1. The smallest absolute Gasteiger partial charge is 0.227 e. The number of fused-ring (bicyclic) bond motifs is 1. The largest absolute Gasteiger partial charge is 0.464 e. The topological polar surface area (TPSA) is 36.7 Å². The normalized spacial score (nSPS) is 14.7. The molecule has 0 radical (unpaired) electrons. The van der Waals surface area contributed by atoms with E-state index in [-0.39, 0.29) is 5.91 Å². The van der Waals surface area contributed by atoms with Gasteiger partial charge in [-0.1, -0.05) is 30.7 Å². The first-order valence-corrected chi connectivity index (χ1v) is 9.79. The fourth-order valence-electron chi connectivity index (χ4n) is 3.65. The average molecular weight is 383 g/mol. The summed E-state index contributed by atoms with van der Waals surface area (Å²) in [4.78, 5) is 17.0. The summed E-state index contributed by atoms with van der Waals surface area (Å²) < 4.78 is 5.63. The molecule has 0 bridgehead atoms. The van der Waals surface area contributed by atoms with Gasteiger partial charge in [-0.2, -0.15) is 0 Å². The van der Waals surface area contributed by atoms with Crippen molar-refractivity contribution < 1.29 is 9.21 Å². The molecule has 4 rings (SSSR count). The Morgan fingerprint density at radius 3 is 2.67 bits per heavy atom. The highest BCUT2D eigenvalue weighted by Gasteiger charge is 2.22. The van der Waals surface area contributed by atoms with Crippen molar-refractivity contribution in [2.24, 2.45) is 0 Å². The Labute approximate surface area is 164 Å². The molecule has 1 aliphatic heterocycles. The molecule has 0 saturated carbocycles. The number of hydrogen-bond acceptors (Lipinski definition) is 3. The molecule has 0 N–H and O–H groups in total. The SMILES string of the molecule is CCc1ccc2occ(CC(=O)N3CCN(c4cccc(Cl)c4)CC3)c2c1. The van der Waals surface area contributed by atoms with E-state index in [0.717, 1.165) is 59.8 Å². The van der Waals surface area contributed by atoms with E-state index in [2.05, 4.69) is 30.0 Å². The van der Waals surface area contributed by atoms with Crippen LogP contribution in [0.5, 0.6) is 0 Å². The lowest BCUT2D eigenvalue weighted by molar-refractivity contribution is -0.130. The lowest BCUT2D eigenvalue weighted by Crippen LogP contribution is -2.49. The van der Waals surface area contributed by atoms with Crippen molar-refractivity contribution in [3.8, 4) is 0 Å². The van der Waals surface area contributed by atoms with Gasteiger partial charge in [-0.3, -0.25) is 4.79 Å². The molecule has 0 atom stereocenters. The van der Waals surface area contributed by atoms with Gasteiger partial charge < -0.3 is 14.2 Å². The summed E-state index contributed by atoms with van der Waals surface area (Å²) in [5.74, 6) is 0.158. The maximum absolute atomic E-state index is 12.8. The maximum Gasteiger partial charge on any atom is 0.227 e. The van der Waals surface area contributed by atoms with Crippen molar-refractivity contribution in [2.75, 3.05) is 31.1 Å². The molecule has 0 spiro atoms. The molecule has 3 aromatic rings. The van der Waals surface area contributed by atoms with Gasteiger partial charge in [0, 0.05) is 47.8 Å². The lowest BCUT2D eigenvalue weighted by atomic mass is 10.1. The lowest BCUT2D eigenvalue weighted by Gasteiger charge is -2.36. The molecule has 1 aromatic heterocycles. The summed E-state index contributed by atoms with van der Waals surface area (Å²) in [6.07, 6.45) is 3.08. The fraction of sp³-hybridized carbons (Fsp3) is 0.318. The van der Waals surface area contributed by atoms with Crippen LogP contribution in [0.2, 0.25) is 5.02 Å². The van der Waals surface area contributed by atoms with E-state index >= 15 is 0 Å². The molecular formula is C22H23ClN2O2. The molecular weight excluding hydrogens is 360 g/mol. The van der Waals surface area contributed by atoms with Crippen LogP contribution in [0.3, 0.4) is 0 Å². The molecule has 140 valence electrons. The molecule has 4 nitrogen and oxygen atoms in total. The van der Waals surface area contributed by atoms with Crippen LogP contribution in [0.25, 0.3) is 11.0 Å². The summed E-state index contributed by atoms with van der Waals surface area (Å²) in [5, 5.41) is 1.80. The molecule has 27 heavy (non-hydrogen) atoms. The number of anilines is 1. The zero-order valence-corrected chi connectivity index (χ0v) is 16.2. The number of amides is 1. The number of aryl methyl sites for hydroxylation is 1. The average Bonchev–Trinajstić information content (AvgIpc) is 3.10. The van der Waals surface area contributed by atoms with Gasteiger partial charge in [0.15, 0.2) is 0 Å². The highest BCUT2D eigenvalue weighted by atomic mass is 35.5. The highest BCUT2D eigenvalue weighted by Crippen LogP contribution is 2.25. The van der Waals surface area contributed by atoms with Crippen molar-refractivity contribution in [2.45, 2.75) is 19.8 Å². The first kappa shape index (κ1) is 17.9. The molecule has 2 heterocycles. The second kappa shape index (κ2) is 7.65. The third kappa shape index (κ3) is 3.81. The van der Waals surface area contributed by atoms with E-state index in [4.69, 9.17) is 16.0 Å². The van der Waals surface area contributed by atoms with Crippen LogP contribution in [-0.2, 0) is 17.6 Å². The number of halogens is 1. The van der Waals surface area contributed by atoms with Crippen LogP contribution in [0, 0.1) is 0 Å². The van der Waals surface area contributed by atoms with Gasteiger partial charge in [0.25, 0.3) is 0 Å². The summed E-state index contributed by atoms with van der Waals surface area (Å²) in [7, 11) is 0. The van der Waals surface area contributed by atoms with E-state index in [0.29, 0.717) is 6.42 Å². The first-order valence-electron chi connectivity index (χ1n) is 9.41. The van der Waals surface area contributed by atoms with Crippen LogP contribution in [-0.4, -0.2) is 37.0 Å². The Morgan fingerprint density at radius 1 is 1.11 bits per heavy atom. The number of piperazine rings is 1. The predicted molar refractivity (Wildman–Crippen MR) is 110 cm³/mol. The second-order valence-electron chi connectivity index (χ2n) is 6.97. The van der Waals surface area contributed by atoms with E-state index < -0.39 is 0 Å². The number of carbonyl (C=O) groups is 1. The third-order valence-corrected chi connectivity index (χ3v) is 5.51.